The Bertz CT molecular complexity index is 230. The number of nitrogens with one attached hydrogen (secondary N) is 1. The molecule has 74 valence electrons. The molecule has 0 radical (unpaired) electrons. The SMILES string of the molecule is CCCn1cncc1CCNCC. The Morgan fingerprint density at radius 1 is 1.46 bits per heavy atom. The van der Waals surface area contributed by atoms with Crippen molar-refractivity contribution in [1.82, 2.24) is 14.9 Å². The van der Waals surface area contributed by atoms with Gasteiger partial charge in [-0.3, -0.25) is 0 Å². The van der Waals surface area contributed by atoms with Gasteiger partial charge in [-0.2, -0.15) is 0 Å². The Morgan fingerprint density at radius 2 is 2.31 bits per heavy atom. The number of aryl methyl sites for hydroxylation is 1. The second-order valence-corrected chi connectivity index (χ2v) is 3.18. The molecule has 1 aromatic rings. The maximum absolute atomic E-state index is 4.15. The molecule has 0 saturated carbocycles. The van der Waals surface area contributed by atoms with Crippen molar-refractivity contribution in [1.29, 1.82) is 0 Å². The van der Waals surface area contributed by atoms with Crippen LogP contribution in [0.4, 0.5) is 0 Å². The van der Waals surface area contributed by atoms with Crippen LogP contribution in [0, 0.1) is 0 Å². The molecular weight excluding hydrogens is 162 g/mol. The summed E-state index contributed by atoms with van der Waals surface area (Å²) in [6.45, 7) is 7.49. The summed E-state index contributed by atoms with van der Waals surface area (Å²) in [6.07, 6.45) is 6.14. The highest BCUT2D eigenvalue weighted by molar-refractivity contribution is 4.98. The second kappa shape index (κ2) is 5.75. The minimum atomic E-state index is 1.04. The Labute approximate surface area is 80.2 Å². The van der Waals surface area contributed by atoms with Crippen molar-refractivity contribution in [3.8, 4) is 0 Å². The maximum atomic E-state index is 4.15. The lowest BCUT2D eigenvalue weighted by molar-refractivity contribution is 0.624. The number of hydrogen-bond donors (Lipinski definition) is 1. The highest BCUT2D eigenvalue weighted by atomic mass is 15.0. The molecule has 1 rings (SSSR count). The quantitative estimate of drug-likeness (QED) is 0.673. The van der Waals surface area contributed by atoms with Crippen molar-refractivity contribution >= 4 is 0 Å². The fraction of sp³-hybridized carbons (Fsp3) is 0.700. The molecule has 0 aliphatic rings. The van der Waals surface area contributed by atoms with Crippen LogP contribution in [-0.4, -0.2) is 22.6 Å². The molecule has 0 saturated heterocycles. The normalized spacial score (nSPS) is 10.6. The van der Waals surface area contributed by atoms with E-state index in [1.165, 1.54) is 12.1 Å². The van der Waals surface area contributed by atoms with Crippen molar-refractivity contribution in [2.45, 2.75) is 33.2 Å². The minimum absolute atomic E-state index is 1.04. The molecule has 0 bridgehead atoms. The van der Waals surface area contributed by atoms with Gasteiger partial charge < -0.3 is 9.88 Å². The second-order valence-electron chi connectivity index (χ2n) is 3.18. The summed E-state index contributed by atoms with van der Waals surface area (Å²) in [5.74, 6) is 0. The molecule has 0 amide bonds. The van der Waals surface area contributed by atoms with Crippen LogP contribution in [0.25, 0.3) is 0 Å². The van der Waals surface area contributed by atoms with E-state index in [1.54, 1.807) is 0 Å². The lowest BCUT2D eigenvalue weighted by Gasteiger charge is -2.06. The lowest BCUT2D eigenvalue weighted by atomic mass is 10.3. The summed E-state index contributed by atoms with van der Waals surface area (Å²) in [5, 5.41) is 3.31. The van der Waals surface area contributed by atoms with Gasteiger partial charge in [0.15, 0.2) is 0 Å². The largest absolute Gasteiger partial charge is 0.335 e. The van der Waals surface area contributed by atoms with Crippen molar-refractivity contribution in [3.63, 3.8) is 0 Å². The molecule has 0 fully saturated rings. The van der Waals surface area contributed by atoms with E-state index in [0.29, 0.717) is 0 Å². The topological polar surface area (TPSA) is 29.9 Å². The van der Waals surface area contributed by atoms with Gasteiger partial charge in [0.2, 0.25) is 0 Å². The standard InChI is InChI=1S/C10H19N3/c1-3-7-13-9-12-8-10(13)5-6-11-4-2/h8-9,11H,3-7H2,1-2H3. The van der Waals surface area contributed by atoms with Crippen molar-refractivity contribution < 1.29 is 0 Å². The van der Waals surface area contributed by atoms with Crippen molar-refractivity contribution in [2.75, 3.05) is 13.1 Å². The Kier molecular flexibility index (Phi) is 4.54. The molecule has 1 N–H and O–H groups in total. The van der Waals surface area contributed by atoms with Gasteiger partial charge >= 0.3 is 0 Å². The molecule has 0 aromatic carbocycles. The molecule has 0 unspecified atom stereocenters. The Morgan fingerprint density at radius 3 is 3.00 bits per heavy atom. The van der Waals surface area contributed by atoms with Crippen molar-refractivity contribution in [3.05, 3.63) is 18.2 Å². The summed E-state index contributed by atoms with van der Waals surface area (Å²) in [5.41, 5.74) is 1.34. The van der Waals surface area contributed by atoms with Crippen LogP contribution in [0.1, 0.15) is 26.0 Å². The molecule has 3 heteroatoms. The number of hydrogen-bond acceptors (Lipinski definition) is 2. The summed E-state index contributed by atoms with van der Waals surface area (Å²) in [6, 6.07) is 0. The van der Waals surface area contributed by atoms with Gasteiger partial charge in [0.25, 0.3) is 0 Å². The Balaban J connectivity index is 2.40. The average Bonchev–Trinajstić information content (AvgIpc) is 2.54. The smallest absolute Gasteiger partial charge is 0.0948 e. The van der Waals surface area contributed by atoms with Crippen LogP contribution >= 0.6 is 0 Å². The zero-order valence-corrected chi connectivity index (χ0v) is 8.58. The maximum Gasteiger partial charge on any atom is 0.0948 e. The monoisotopic (exact) mass is 181 g/mol. The minimum Gasteiger partial charge on any atom is -0.335 e. The molecule has 13 heavy (non-hydrogen) atoms. The molecule has 0 aliphatic heterocycles. The summed E-state index contributed by atoms with van der Waals surface area (Å²) in [7, 11) is 0. The van der Waals surface area contributed by atoms with Gasteiger partial charge in [-0.05, 0) is 13.0 Å². The summed E-state index contributed by atoms with van der Waals surface area (Å²) >= 11 is 0. The highest BCUT2D eigenvalue weighted by Crippen LogP contribution is 2.00. The first-order valence-electron chi connectivity index (χ1n) is 5.08. The van der Waals surface area contributed by atoms with Crippen LogP contribution in [0.15, 0.2) is 12.5 Å². The fourth-order valence-electron chi connectivity index (χ4n) is 1.39. The molecule has 0 atom stereocenters. The average molecular weight is 181 g/mol. The summed E-state index contributed by atoms with van der Waals surface area (Å²) < 4.78 is 2.23. The first kappa shape index (κ1) is 10.3. The van der Waals surface area contributed by atoms with E-state index in [1.807, 2.05) is 12.5 Å². The third-order valence-electron chi connectivity index (χ3n) is 2.07. The van der Waals surface area contributed by atoms with Gasteiger partial charge in [0, 0.05) is 31.4 Å². The lowest BCUT2D eigenvalue weighted by Crippen LogP contribution is -2.17. The van der Waals surface area contributed by atoms with Crippen molar-refractivity contribution in [2.24, 2.45) is 0 Å². The number of aromatic nitrogens is 2. The van der Waals surface area contributed by atoms with Crippen LogP contribution in [0.2, 0.25) is 0 Å². The number of nitrogens with zero attached hydrogens (tertiary/aromatic N) is 2. The predicted octanol–water partition coefficient (Wildman–Crippen LogP) is 1.45. The van der Waals surface area contributed by atoms with E-state index < -0.39 is 0 Å². The van der Waals surface area contributed by atoms with Crippen LogP contribution < -0.4 is 5.32 Å². The molecule has 0 spiro atoms. The Hall–Kier alpha value is -0.830. The third kappa shape index (κ3) is 3.19. The van der Waals surface area contributed by atoms with E-state index in [0.717, 1.165) is 26.1 Å². The van der Waals surface area contributed by atoms with E-state index in [-0.39, 0.29) is 0 Å². The molecule has 1 heterocycles. The third-order valence-corrected chi connectivity index (χ3v) is 2.07. The van der Waals surface area contributed by atoms with Gasteiger partial charge in [-0.25, -0.2) is 4.98 Å². The van der Waals surface area contributed by atoms with Crippen LogP contribution in [0.3, 0.4) is 0 Å². The number of rotatable bonds is 6. The number of likely N-dealkylation sites (N-methyl/N-ethyl adjacent to an activating group) is 1. The first-order chi connectivity index (χ1) is 6.38. The van der Waals surface area contributed by atoms with E-state index >= 15 is 0 Å². The zero-order valence-electron chi connectivity index (χ0n) is 8.58. The summed E-state index contributed by atoms with van der Waals surface area (Å²) in [4.78, 5) is 4.15. The molecule has 0 aliphatic carbocycles. The fourth-order valence-corrected chi connectivity index (χ4v) is 1.39. The van der Waals surface area contributed by atoms with Crippen LogP contribution in [0.5, 0.6) is 0 Å². The van der Waals surface area contributed by atoms with Gasteiger partial charge in [0.05, 0.1) is 6.33 Å². The zero-order chi connectivity index (χ0) is 9.52. The molecular formula is C10H19N3. The highest BCUT2D eigenvalue weighted by Gasteiger charge is 1.99. The van der Waals surface area contributed by atoms with Gasteiger partial charge in [-0.15, -0.1) is 0 Å². The molecule has 1 aromatic heterocycles. The van der Waals surface area contributed by atoms with Gasteiger partial charge in [0.1, 0.15) is 0 Å². The van der Waals surface area contributed by atoms with E-state index in [4.69, 9.17) is 0 Å². The van der Waals surface area contributed by atoms with E-state index in [9.17, 15) is 0 Å². The van der Waals surface area contributed by atoms with Crippen LogP contribution in [-0.2, 0) is 13.0 Å². The predicted molar refractivity (Wildman–Crippen MR) is 54.8 cm³/mol. The number of imidazole rings is 1. The van der Waals surface area contributed by atoms with E-state index in [2.05, 4.69) is 28.7 Å². The van der Waals surface area contributed by atoms with Gasteiger partial charge in [-0.1, -0.05) is 13.8 Å². The molecule has 3 nitrogen and oxygen atoms in total. The first-order valence-corrected chi connectivity index (χ1v) is 5.08.